The summed E-state index contributed by atoms with van der Waals surface area (Å²) in [6, 6.07) is 0. The summed E-state index contributed by atoms with van der Waals surface area (Å²) in [6.07, 6.45) is -0.630. The molecular weight excluding hydrogens is 168 g/mol. The monoisotopic (exact) mass is 188 g/mol. The van der Waals surface area contributed by atoms with Gasteiger partial charge in [0.15, 0.2) is 6.29 Å². The first kappa shape index (κ1) is 10.9. The van der Waals surface area contributed by atoms with Crippen LogP contribution in [0.2, 0.25) is 0 Å². The van der Waals surface area contributed by atoms with Crippen LogP contribution in [0.15, 0.2) is 0 Å². The second kappa shape index (κ2) is 5.54. The van der Waals surface area contributed by atoms with Crippen molar-refractivity contribution in [2.45, 2.75) is 13.2 Å². The van der Waals surface area contributed by atoms with Crippen molar-refractivity contribution >= 4 is 0 Å². The predicted octanol–water partition coefficient (Wildman–Crippen LogP) is -0.507. The van der Waals surface area contributed by atoms with Gasteiger partial charge in [-0.2, -0.15) is 0 Å². The fourth-order valence-corrected chi connectivity index (χ4v) is 1.62. The molecule has 2 atom stereocenters. The lowest BCUT2D eigenvalue weighted by Crippen LogP contribution is -2.46. The molecule has 0 spiro atoms. The van der Waals surface area contributed by atoms with Gasteiger partial charge in [0, 0.05) is 45.8 Å². The zero-order valence-corrected chi connectivity index (χ0v) is 8.49. The maximum atomic E-state index is 9.39. The van der Waals surface area contributed by atoms with Gasteiger partial charge in [-0.05, 0) is 0 Å². The molecule has 13 heavy (non-hydrogen) atoms. The minimum atomic E-state index is -0.630. The van der Waals surface area contributed by atoms with Crippen molar-refractivity contribution in [1.29, 1.82) is 0 Å². The molecule has 78 valence electrons. The van der Waals surface area contributed by atoms with Crippen LogP contribution in [0.1, 0.15) is 6.92 Å². The number of hydrogen-bond acceptors (Lipinski definition) is 4. The number of rotatable bonds is 4. The Kier molecular flexibility index (Phi) is 4.66. The van der Waals surface area contributed by atoms with E-state index in [1.54, 1.807) is 7.11 Å². The molecule has 0 aromatic heterocycles. The van der Waals surface area contributed by atoms with Gasteiger partial charge in [-0.1, -0.05) is 6.92 Å². The van der Waals surface area contributed by atoms with E-state index in [1.165, 1.54) is 0 Å². The minimum Gasteiger partial charge on any atom is -0.368 e. The van der Waals surface area contributed by atoms with Crippen LogP contribution in [0, 0.1) is 5.92 Å². The van der Waals surface area contributed by atoms with E-state index in [0.29, 0.717) is 0 Å². The van der Waals surface area contributed by atoms with Crippen molar-refractivity contribution < 1.29 is 9.84 Å². The molecule has 1 unspecified atom stereocenters. The fourth-order valence-electron chi connectivity index (χ4n) is 1.62. The van der Waals surface area contributed by atoms with Gasteiger partial charge in [0.2, 0.25) is 0 Å². The van der Waals surface area contributed by atoms with Crippen LogP contribution < -0.4 is 5.32 Å². The van der Waals surface area contributed by atoms with Gasteiger partial charge < -0.3 is 20.1 Å². The standard InChI is InChI=1S/C9H20N2O2/c1-8(9(12)13-2)7-11-5-3-10-4-6-11/h8-10,12H,3-7H2,1-2H3/t8-,9?/m1/s1. The number of methoxy groups -OCH3 is 1. The Morgan fingerprint density at radius 3 is 2.62 bits per heavy atom. The summed E-state index contributed by atoms with van der Waals surface area (Å²) in [5.41, 5.74) is 0. The average Bonchev–Trinajstić information content (AvgIpc) is 2.18. The Morgan fingerprint density at radius 2 is 2.08 bits per heavy atom. The van der Waals surface area contributed by atoms with Crippen molar-refractivity contribution in [3.05, 3.63) is 0 Å². The molecule has 0 aromatic carbocycles. The zero-order chi connectivity index (χ0) is 9.68. The molecule has 1 aliphatic heterocycles. The highest BCUT2D eigenvalue weighted by molar-refractivity contribution is 4.70. The van der Waals surface area contributed by atoms with Crippen LogP contribution in [0.4, 0.5) is 0 Å². The first-order valence-electron chi connectivity index (χ1n) is 4.88. The van der Waals surface area contributed by atoms with Crippen molar-refractivity contribution in [3.8, 4) is 0 Å². The Hall–Kier alpha value is -0.160. The Balaban J connectivity index is 2.21. The van der Waals surface area contributed by atoms with Gasteiger partial charge in [0.1, 0.15) is 0 Å². The molecule has 0 bridgehead atoms. The van der Waals surface area contributed by atoms with Gasteiger partial charge >= 0.3 is 0 Å². The molecule has 0 aromatic rings. The van der Waals surface area contributed by atoms with E-state index in [9.17, 15) is 5.11 Å². The average molecular weight is 188 g/mol. The molecule has 1 aliphatic rings. The maximum absolute atomic E-state index is 9.39. The summed E-state index contributed by atoms with van der Waals surface area (Å²) in [4.78, 5) is 2.35. The van der Waals surface area contributed by atoms with Crippen LogP contribution in [0.25, 0.3) is 0 Å². The topological polar surface area (TPSA) is 44.7 Å². The van der Waals surface area contributed by atoms with Gasteiger partial charge in [-0.3, -0.25) is 0 Å². The number of nitrogens with one attached hydrogen (secondary N) is 1. The zero-order valence-electron chi connectivity index (χ0n) is 8.49. The van der Waals surface area contributed by atoms with Crippen LogP contribution in [-0.2, 0) is 4.74 Å². The number of ether oxygens (including phenoxy) is 1. The van der Waals surface area contributed by atoms with E-state index in [4.69, 9.17) is 4.74 Å². The van der Waals surface area contributed by atoms with E-state index in [0.717, 1.165) is 32.7 Å². The lowest BCUT2D eigenvalue weighted by atomic mass is 10.1. The highest BCUT2D eigenvalue weighted by Crippen LogP contribution is 2.06. The normalized spacial score (nSPS) is 24.2. The minimum absolute atomic E-state index is 0.183. The highest BCUT2D eigenvalue weighted by atomic mass is 16.6. The van der Waals surface area contributed by atoms with Gasteiger partial charge in [-0.15, -0.1) is 0 Å². The number of piperazine rings is 1. The Labute approximate surface area is 79.9 Å². The molecule has 4 nitrogen and oxygen atoms in total. The molecule has 0 amide bonds. The predicted molar refractivity (Wildman–Crippen MR) is 51.5 cm³/mol. The van der Waals surface area contributed by atoms with Crippen LogP contribution in [0.5, 0.6) is 0 Å². The van der Waals surface area contributed by atoms with Crippen LogP contribution in [-0.4, -0.2) is 56.1 Å². The Morgan fingerprint density at radius 1 is 1.46 bits per heavy atom. The first-order valence-corrected chi connectivity index (χ1v) is 4.88. The third kappa shape index (κ3) is 3.60. The molecule has 2 N–H and O–H groups in total. The first-order chi connectivity index (χ1) is 6.24. The third-order valence-corrected chi connectivity index (χ3v) is 2.48. The lowest BCUT2D eigenvalue weighted by Gasteiger charge is -2.30. The Bertz CT molecular complexity index is 138. The summed E-state index contributed by atoms with van der Waals surface area (Å²) in [6.45, 7) is 7.17. The molecule has 1 fully saturated rings. The molecular formula is C9H20N2O2. The maximum Gasteiger partial charge on any atom is 0.157 e. The quantitative estimate of drug-likeness (QED) is 0.583. The number of aliphatic hydroxyl groups is 1. The van der Waals surface area contributed by atoms with E-state index in [1.807, 2.05) is 6.92 Å². The van der Waals surface area contributed by atoms with Gasteiger partial charge in [0.05, 0.1) is 0 Å². The van der Waals surface area contributed by atoms with Gasteiger partial charge in [0.25, 0.3) is 0 Å². The number of hydrogen-bond donors (Lipinski definition) is 2. The van der Waals surface area contributed by atoms with Crippen molar-refractivity contribution in [2.24, 2.45) is 5.92 Å². The van der Waals surface area contributed by atoms with Crippen molar-refractivity contribution in [2.75, 3.05) is 39.8 Å². The fraction of sp³-hybridized carbons (Fsp3) is 1.00. The second-order valence-electron chi connectivity index (χ2n) is 3.65. The molecule has 0 radical (unpaired) electrons. The van der Waals surface area contributed by atoms with Gasteiger partial charge in [-0.25, -0.2) is 0 Å². The lowest BCUT2D eigenvalue weighted by molar-refractivity contribution is -0.113. The van der Waals surface area contributed by atoms with Crippen LogP contribution in [0.3, 0.4) is 0 Å². The third-order valence-electron chi connectivity index (χ3n) is 2.48. The molecule has 0 aliphatic carbocycles. The smallest absolute Gasteiger partial charge is 0.157 e. The van der Waals surface area contributed by atoms with E-state index >= 15 is 0 Å². The van der Waals surface area contributed by atoms with E-state index in [-0.39, 0.29) is 5.92 Å². The number of aliphatic hydroxyl groups excluding tert-OH is 1. The summed E-state index contributed by atoms with van der Waals surface area (Å²) in [5.74, 6) is 0.183. The van der Waals surface area contributed by atoms with Crippen molar-refractivity contribution in [1.82, 2.24) is 10.2 Å². The molecule has 1 saturated heterocycles. The van der Waals surface area contributed by atoms with Crippen molar-refractivity contribution in [3.63, 3.8) is 0 Å². The molecule has 0 saturated carbocycles. The summed E-state index contributed by atoms with van der Waals surface area (Å²) < 4.78 is 4.87. The summed E-state index contributed by atoms with van der Waals surface area (Å²) in [7, 11) is 1.54. The number of nitrogens with zero attached hydrogens (tertiary/aromatic N) is 1. The van der Waals surface area contributed by atoms with E-state index in [2.05, 4.69) is 10.2 Å². The summed E-state index contributed by atoms with van der Waals surface area (Å²) in [5, 5.41) is 12.7. The molecule has 4 heteroatoms. The van der Waals surface area contributed by atoms with Crippen LogP contribution >= 0.6 is 0 Å². The molecule has 1 heterocycles. The molecule has 1 rings (SSSR count). The largest absolute Gasteiger partial charge is 0.368 e. The SMILES string of the molecule is COC(O)[C@H](C)CN1CCNCC1. The summed E-state index contributed by atoms with van der Waals surface area (Å²) >= 11 is 0. The highest BCUT2D eigenvalue weighted by Gasteiger charge is 2.18. The second-order valence-corrected chi connectivity index (χ2v) is 3.65. The van der Waals surface area contributed by atoms with E-state index < -0.39 is 6.29 Å².